The van der Waals surface area contributed by atoms with E-state index >= 15 is 0 Å². The summed E-state index contributed by atoms with van der Waals surface area (Å²) in [5.41, 5.74) is 6.61. The largest absolute Gasteiger partial charge is 0.381 e. The molecule has 20 heavy (non-hydrogen) atoms. The molecule has 1 atom stereocenters. The van der Waals surface area contributed by atoms with Crippen LogP contribution in [0.25, 0.3) is 0 Å². The van der Waals surface area contributed by atoms with Gasteiger partial charge in [-0.2, -0.15) is 0 Å². The van der Waals surface area contributed by atoms with Crippen molar-refractivity contribution in [2.24, 2.45) is 5.73 Å². The van der Waals surface area contributed by atoms with E-state index in [-0.39, 0.29) is 17.4 Å². The first kappa shape index (κ1) is 15.5. The van der Waals surface area contributed by atoms with Crippen LogP contribution >= 0.6 is 15.9 Å². The third-order valence-electron chi connectivity index (χ3n) is 4.06. The SMILES string of the molecule is C[C@@H](NCC1(c2cccc(Br)c2)CCOCC1)C(N)=O. The van der Waals surface area contributed by atoms with Crippen LogP contribution in [0.3, 0.4) is 0 Å². The fourth-order valence-electron chi connectivity index (χ4n) is 2.60. The predicted octanol–water partition coefficient (Wildman–Crippen LogP) is 1.96. The number of carbonyl (C=O) groups is 1. The van der Waals surface area contributed by atoms with Crippen molar-refractivity contribution in [3.05, 3.63) is 34.3 Å². The molecule has 3 N–H and O–H groups in total. The van der Waals surface area contributed by atoms with Crippen molar-refractivity contribution in [3.8, 4) is 0 Å². The molecule has 1 saturated heterocycles. The van der Waals surface area contributed by atoms with E-state index in [1.165, 1.54) is 5.56 Å². The Morgan fingerprint density at radius 2 is 2.20 bits per heavy atom. The molecule has 1 aliphatic rings. The Bertz CT molecular complexity index is 473. The molecule has 0 aromatic heterocycles. The van der Waals surface area contributed by atoms with Gasteiger partial charge in [0.05, 0.1) is 6.04 Å². The average molecular weight is 341 g/mol. The van der Waals surface area contributed by atoms with Gasteiger partial charge in [-0.05, 0) is 37.5 Å². The van der Waals surface area contributed by atoms with Gasteiger partial charge in [-0.25, -0.2) is 0 Å². The molecular weight excluding hydrogens is 320 g/mol. The van der Waals surface area contributed by atoms with Crippen molar-refractivity contribution in [2.45, 2.75) is 31.2 Å². The topological polar surface area (TPSA) is 64.3 Å². The lowest BCUT2D eigenvalue weighted by molar-refractivity contribution is -0.119. The number of carbonyl (C=O) groups excluding carboxylic acids is 1. The molecule has 1 aromatic carbocycles. The van der Waals surface area contributed by atoms with Crippen molar-refractivity contribution < 1.29 is 9.53 Å². The second kappa shape index (κ2) is 6.70. The molecule has 2 rings (SSSR count). The van der Waals surface area contributed by atoms with E-state index in [1.807, 2.05) is 12.1 Å². The van der Waals surface area contributed by atoms with Gasteiger partial charge >= 0.3 is 0 Å². The normalized spacial score (nSPS) is 19.5. The van der Waals surface area contributed by atoms with Crippen LogP contribution in [0.15, 0.2) is 28.7 Å². The summed E-state index contributed by atoms with van der Waals surface area (Å²) < 4.78 is 6.57. The van der Waals surface area contributed by atoms with Crippen LogP contribution in [-0.2, 0) is 14.9 Å². The van der Waals surface area contributed by atoms with Crippen molar-refractivity contribution in [1.82, 2.24) is 5.32 Å². The van der Waals surface area contributed by atoms with Crippen LogP contribution in [0.5, 0.6) is 0 Å². The van der Waals surface area contributed by atoms with Gasteiger partial charge in [0.15, 0.2) is 0 Å². The number of nitrogens with one attached hydrogen (secondary N) is 1. The summed E-state index contributed by atoms with van der Waals surface area (Å²) in [5.74, 6) is -0.318. The summed E-state index contributed by atoms with van der Waals surface area (Å²) in [4.78, 5) is 11.2. The second-order valence-corrected chi connectivity index (χ2v) is 6.32. The summed E-state index contributed by atoms with van der Waals surface area (Å²) in [5, 5.41) is 3.27. The molecular formula is C15H21BrN2O2. The highest BCUT2D eigenvalue weighted by Gasteiger charge is 2.35. The zero-order chi connectivity index (χ0) is 14.6. The minimum absolute atomic E-state index is 0.00569. The maximum Gasteiger partial charge on any atom is 0.234 e. The Morgan fingerprint density at radius 3 is 2.80 bits per heavy atom. The lowest BCUT2D eigenvalue weighted by Crippen LogP contribution is -2.48. The Balaban J connectivity index is 2.19. The zero-order valence-corrected chi connectivity index (χ0v) is 13.3. The monoisotopic (exact) mass is 340 g/mol. The number of primary amides is 1. The van der Waals surface area contributed by atoms with E-state index in [1.54, 1.807) is 6.92 Å². The molecule has 0 radical (unpaired) electrons. The van der Waals surface area contributed by atoms with Crippen molar-refractivity contribution in [1.29, 1.82) is 0 Å². The van der Waals surface area contributed by atoms with Gasteiger partial charge in [0.2, 0.25) is 5.91 Å². The highest BCUT2D eigenvalue weighted by atomic mass is 79.9. The highest BCUT2D eigenvalue weighted by molar-refractivity contribution is 9.10. The van der Waals surface area contributed by atoms with E-state index in [9.17, 15) is 4.79 Å². The summed E-state index contributed by atoms with van der Waals surface area (Å²) in [7, 11) is 0. The molecule has 4 nitrogen and oxygen atoms in total. The standard InChI is InChI=1S/C15H21BrN2O2/c1-11(14(17)19)18-10-15(5-7-20-8-6-15)12-3-2-4-13(16)9-12/h2-4,9,11,18H,5-8,10H2,1H3,(H2,17,19)/t11-/m1/s1. The van der Waals surface area contributed by atoms with Crippen molar-refractivity contribution in [2.75, 3.05) is 19.8 Å². The molecule has 1 aromatic rings. The first-order valence-electron chi connectivity index (χ1n) is 6.90. The lowest BCUT2D eigenvalue weighted by atomic mass is 9.74. The van der Waals surface area contributed by atoms with Gasteiger partial charge in [-0.1, -0.05) is 28.1 Å². The highest BCUT2D eigenvalue weighted by Crippen LogP contribution is 2.35. The quantitative estimate of drug-likeness (QED) is 0.861. The lowest BCUT2D eigenvalue weighted by Gasteiger charge is -2.38. The van der Waals surface area contributed by atoms with Crippen LogP contribution in [0.1, 0.15) is 25.3 Å². The Kier molecular flexibility index (Phi) is 5.18. The molecule has 0 bridgehead atoms. The fourth-order valence-corrected chi connectivity index (χ4v) is 3.00. The molecule has 1 heterocycles. The van der Waals surface area contributed by atoms with Crippen LogP contribution in [0.2, 0.25) is 0 Å². The van der Waals surface area contributed by atoms with Gasteiger partial charge in [0.1, 0.15) is 0 Å². The van der Waals surface area contributed by atoms with E-state index in [0.29, 0.717) is 0 Å². The fraction of sp³-hybridized carbons (Fsp3) is 0.533. The van der Waals surface area contributed by atoms with Gasteiger partial charge in [0.25, 0.3) is 0 Å². The van der Waals surface area contributed by atoms with Crippen LogP contribution in [0.4, 0.5) is 0 Å². The van der Waals surface area contributed by atoms with Gasteiger partial charge < -0.3 is 15.8 Å². The smallest absolute Gasteiger partial charge is 0.234 e. The maximum absolute atomic E-state index is 11.2. The zero-order valence-electron chi connectivity index (χ0n) is 11.7. The first-order chi connectivity index (χ1) is 9.53. The van der Waals surface area contributed by atoms with Gasteiger partial charge in [-0.15, -0.1) is 0 Å². The summed E-state index contributed by atoms with van der Waals surface area (Å²) >= 11 is 3.53. The third-order valence-corrected chi connectivity index (χ3v) is 4.55. The summed E-state index contributed by atoms with van der Waals surface area (Å²) in [6, 6.07) is 8.06. The predicted molar refractivity (Wildman–Crippen MR) is 82.5 cm³/mol. The molecule has 110 valence electrons. The number of amides is 1. The van der Waals surface area contributed by atoms with E-state index in [4.69, 9.17) is 10.5 Å². The molecule has 0 unspecified atom stereocenters. The number of halogens is 1. The third kappa shape index (κ3) is 3.59. The number of rotatable bonds is 5. The average Bonchev–Trinajstić information content (AvgIpc) is 2.45. The summed E-state index contributed by atoms with van der Waals surface area (Å²) in [6.45, 7) is 4.03. The van der Waals surface area contributed by atoms with Crippen LogP contribution in [0, 0.1) is 0 Å². The first-order valence-corrected chi connectivity index (χ1v) is 7.69. The van der Waals surface area contributed by atoms with E-state index < -0.39 is 0 Å². The number of nitrogens with two attached hydrogens (primary N) is 1. The van der Waals surface area contributed by atoms with Crippen LogP contribution < -0.4 is 11.1 Å². The van der Waals surface area contributed by atoms with Gasteiger partial charge in [-0.3, -0.25) is 4.79 Å². The maximum atomic E-state index is 11.2. The Hall–Kier alpha value is -0.910. The number of hydrogen-bond acceptors (Lipinski definition) is 3. The number of benzene rings is 1. The van der Waals surface area contributed by atoms with Crippen molar-refractivity contribution >= 4 is 21.8 Å². The van der Waals surface area contributed by atoms with E-state index in [0.717, 1.165) is 37.1 Å². The minimum Gasteiger partial charge on any atom is -0.381 e. The molecule has 1 amide bonds. The molecule has 0 spiro atoms. The number of ether oxygens (including phenoxy) is 1. The molecule has 1 fully saturated rings. The van der Waals surface area contributed by atoms with Crippen molar-refractivity contribution in [3.63, 3.8) is 0 Å². The molecule has 0 aliphatic carbocycles. The molecule has 1 aliphatic heterocycles. The van der Waals surface area contributed by atoms with Crippen LogP contribution in [-0.4, -0.2) is 31.7 Å². The Morgan fingerprint density at radius 1 is 1.50 bits per heavy atom. The second-order valence-electron chi connectivity index (χ2n) is 5.41. The molecule has 5 heteroatoms. The minimum atomic E-state index is -0.318. The Labute approximate surface area is 128 Å². The number of hydrogen-bond donors (Lipinski definition) is 2. The van der Waals surface area contributed by atoms with E-state index in [2.05, 4.69) is 33.4 Å². The van der Waals surface area contributed by atoms with Gasteiger partial charge in [0, 0.05) is 29.6 Å². The summed E-state index contributed by atoms with van der Waals surface area (Å²) in [6.07, 6.45) is 1.89. The molecule has 0 saturated carbocycles.